The molecule has 0 radical (unpaired) electrons. The van der Waals surface area contributed by atoms with Crippen LogP contribution in [0.25, 0.3) is 0 Å². The molecule has 2 N–H and O–H groups in total. The fraction of sp³-hybridized carbons (Fsp3) is 0.136. The van der Waals surface area contributed by atoms with Crippen molar-refractivity contribution in [2.24, 2.45) is 0 Å². The van der Waals surface area contributed by atoms with Crippen LogP contribution >= 0.6 is 0 Å². The molecule has 0 saturated heterocycles. The molecule has 3 nitrogen and oxygen atoms in total. The summed E-state index contributed by atoms with van der Waals surface area (Å²) in [5.74, 6) is -0.0845. The lowest BCUT2D eigenvalue weighted by atomic mass is 10.1. The monoisotopic (exact) mass is 330 g/mol. The molecule has 0 atom stereocenters. The predicted molar refractivity (Wildman–Crippen MR) is 104 cm³/mol. The zero-order valence-corrected chi connectivity index (χ0v) is 14.5. The van der Waals surface area contributed by atoms with Gasteiger partial charge in [0.1, 0.15) is 0 Å². The first-order valence-corrected chi connectivity index (χ1v) is 8.39. The van der Waals surface area contributed by atoms with Gasteiger partial charge in [0, 0.05) is 23.5 Å². The van der Waals surface area contributed by atoms with Crippen molar-refractivity contribution < 1.29 is 4.79 Å². The third kappa shape index (κ3) is 4.27. The Hall–Kier alpha value is -3.07. The zero-order valence-electron chi connectivity index (χ0n) is 14.5. The molecule has 3 aromatic carbocycles. The lowest BCUT2D eigenvalue weighted by Crippen LogP contribution is -2.13. The van der Waals surface area contributed by atoms with E-state index in [2.05, 4.69) is 29.7 Å². The minimum Gasteiger partial charge on any atom is -0.381 e. The number of benzene rings is 3. The van der Waals surface area contributed by atoms with Crippen LogP contribution in [0.2, 0.25) is 0 Å². The molecule has 1 amide bonds. The molecular formula is C22H22N2O. The lowest BCUT2D eigenvalue weighted by Gasteiger charge is -2.11. The summed E-state index contributed by atoms with van der Waals surface area (Å²) in [4.78, 5) is 12.3. The second-order valence-corrected chi connectivity index (χ2v) is 6.13. The van der Waals surface area contributed by atoms with Crippen molar-refractivity contribution in [1.82, 2.24) is 0 Å². The maximum absolute atomic E-state index is 12.3. The smallest absolute Gasteiger partial charge is 0.255 e. The fourth-order valence-corrected chi connectivity index (χ4v) is 2.70. The molecule has 0 heterocycles. The third-order valence-corrected chi connectivity index (χ3v) is 4.28. The van der Waals surface area contributed by atoms with E-state index in [4.69, 9.17) is 0 Å². The van der Waals surface area contributed by atoms with Crippen molar-refractivity contribution in [3.8, 4) is 0 Å². The highest BCUT2D eigenvalue weighted by Crippen LogP contribution is 2.17. The van der Waals surface area contributed by atoms with E-state index in [1.807, 2.05) is 67.6 Å². The van der Waals surface area contributed by atoms with Crippen LogP contribution in [-0.4, -0.2) is 5.91 Å². The molecule has 0 aliphatic heterocycles. The van der Waals surface area contributed by atoms with Gasteiger partial charge in [-0.1, -0.05) is 42.5 Å². The number of carbonyl (C=O) groups is 1. The fourth-order valence-electron chi connectivity index (χ4n) is 2.70. The SMILES string of the molecule is Cc1ccccc1CNc1ccc(NC(=O)c2ccccc2C)cc1. The number of hydrogen-bond donors (Lipinski definition) is 2. The third-order valence-electron chi connectivity index (χ3n) is 4.28. The van der Waals surface area contributed by atoms with Gasteiger partial charge in [0.25, 0.3) is 5.91 Å². The maximum Gasteiger partial charge on any atom is 0.255 e. The van der Waals surface area contributed by atoms with Gasteiger partial charge >= 0.3 is 0 Å². The summed E-state index contributed by atoms with van der Waals surface area (Å²) in [6.07, 6.45) is 0. The molecule has 0 spiro atoms. The first-order chi connectivity index (χ1) is 12.1. The number of hydrogen-bond acceptors (Lipinski definition) is 2. The van der Waals surface area contributed by atoms with Crippen molar-refractivity contribution in [3.05, 3.63) is 95.1 Å². The highest BCUT2D eigenvalue weighted by atomic mass is 16.1. The molecule has 0 aliphatic rings. The maximum atomic E-state index is 12.3. The van der Waals surface area contributed by atoms with Gasteiger partial charge in [0.15, 0.2) is 0 Å². The van der Waals surface area contributed by atoms with Crippen molar-refractivity contribution in [1.29, 1.82) is 0 Å². The number of carbonyl (C=O) groups excluding carboxylic acids is 1. The molecule has 0 bridgehead atoms. The van der Waals surface area contributed by atoms with Gasteiger partial charge in [0.2, 0.25) is 0 Å². The minimum atomic E-state index is -0.0845. The van der Waals surface area contributed by atoms with E-state index in [1.54, 1.807) is 0 Å². The first-order valence-electron chi connectivity index (χ1n) is 8.39. The molecule has 126 valence electrons. The molecule has 3 aromatic rings. The van der Waals surface area contributed by atoms with Gasteiger partial charge in [-0.25, -0.2) is 0 Å². The highest BCUT2D eigenvalue weighted by molar-refractivity contribution is 6.05. The van der Waals surface area contributed by atoms with Crippen LogP contribution < -0.4 is 10.6 Å². The average molecular weight is 330 g/mol. The van der Waals surface area contributed by atoms with E-state index in [0.717, 1.165) is 23.5 Å². The quantitative estimate of drug-likeness (QED) is 0.678. The molecular weight excluding hydrogens is 308 g/mol. The zero-order chi connectivity index (χ0) is 17.6. The lowest BCUT2D eigenvalue weighted by molar-refractivity contribution is 0.102. The number of rotatable bonds is 5. The van der Waals surface area contributed by atoms with Crippen LogP contribution in [-0.2, 0) is 6.54 Å². The van der Waals surface area contributed by atoms with Gasteiger partial charge in [-0.2, -0.15) is 0 Å². The number of anilines is 2. The Labute approximate surface area is 148 Å². The topological polar surface area (TPSA) is 41.1 Å². The Balaban J connectivity index is 1.62. The minimum absolute atomic E-state index is 0.0845. The molecule has 0 aromatic heterocycles. The van der Waals surface area contributed by atoms with Crippen molar-refractivity contribution >= 4 is 17.3 Å². The Morgan fingerprint density at radius 2 is 1.36 bits per heavy atom. The van der Waals surface area contributed by atoms with Crippen LogP contribution in [0.5, 0.6) is 0 Å². The molecule has 0 aliphatic carbocycles. The number of aryl methyl sites for hydroxylation is 2. The largest absolute Gasteiger partial charge is 0.381 e. The molecule has 3 heteroatoms. The summed E-state index contributed by atoms with van der Waals surface area (Å²) in [7, 11) is 0. The highest BCUT2D eigenvalue weighted by Gasteiger charge is 2.08. The first kappa shape index (κ1) is 16.8. The van der Waals surface area contributed by atoms with Crippen molar-refractivity contribution in [2.75, 3.05) is 10.6 Å². The Morgan fingerprint density at radius 1 is 0.760 bits per heavy atom. The normalized spacial score (nSPS) is 10.3. The number of nitrogens with one attached hydrogen (secondary N) is 2. The Morgan fingerprint density at radius 3 is 2.04 bits per heavy atom. The summed E-state index contributed by atoms with van der Waals surface area (Å²) in [5.41, 5.74) is 6.03. The Bertz CT molecular complexity index is 869. The second kappa shape index (κ2) is 7.67. The van der Waals surface area contributed by atoms with E-state index >= 15 is 0 Å². The van der Waals surface area contributed by atoms with Crippen molar-refractivity contribution in [2.45, 2.75) is 20.4 Å². The molecule has 0 saturated carbocycles. The van der Waals surface area contributed by atoms with Crippen LogP contribution in [0.3, 0.4) is 0 Å². The molecule has 25 heavy (non-hydrogen) atoms. The van der Waals surface area contributed by atoms with E-state index < -0.39 is 0 Å². The summed E-state index contributed by atoms with van der Waals surface area (Å²) in [6.45, 7) is 4.83. The van der Waals surface area contributed by atoms with Gasteiger partial charge in [-0.3, -0.25) is 4.79 Å². The van der Waals surface area contributed by atoms with E-state index in [-0.39, 0.29) is 5.91 Å². The predicted octanol–water partition coefficient (Wildman–Crippen LogP) is 5.17. The Kier molecular flexibility index (Phi) is 5.14. The van der Waals surface area contributed by atoms with Crippen LogP contribution in [0.4, 0.5) is 11.4 Å². The van der Waals surface area contributed by atoms with Crippen LogP contribution in [0.15, 0.2) is 72.8 Å². The summed E-state index contributed by atoms with van der Waals surface area (Å²) >= 11 is 0. The molecule has 0 unspecified atom stereocenters. The van der Waals surface area contributed by atoms with Crippen LogP contribution in [0.1, 0.15) is 27.0 Å². The summed E-state index contributed by atoms with van der Waals surface area (Å²) < 4.78 is 0. The van der Waals surface area contributed by atoms with Gasteiger partial charge in [-0.05, 0) is 60.9 Å². The second-order valence-electron chi connectivity index (χ2n) is 6.13. The summed E-state index contributed by atoms with van der Waals surface area (Å²) in [6, 6.07) is 23.7. The van der Waals surface area contributed by atoms with Gasteiger partial charge in [-0.15, -0.1) is 0 Å². The van der Waals surface area contributed by atoms with Gasteiger partial charge in [0.05, 0.1) is 0 Å². The number of amides is 1. The van der Waals surface area contributed by atoms with Crippen molar-refractivity contribution in [3.63, 3.8) is 0 Å². The van der Waals surface area contributed by atoms with E-state index in [9.17, 15) is 4.79 Å². The average Bonchev–Trinajstić information content (AvgIpc) is 2.62. The molecule has 0 fully saturated rings. The molecule has 3 rings (SSSR count). The van der Waals surface area contributed by atoms with E-state index in [0.29, 0.717) is 5.56 Å². The summed E-state index contributed by atoms with van der Waals surface area (Å²) in [5, 5.41) is 6.35. The van der Waals surface area contributed by atoms with Crippen LogP contribution in [0, 0.1) is 13.8 Å². The van der Waals surface area contributed by atoms with Gasteiger partial charge < -0.3 is 10.6 Å². The standard InChI is InChI=1S/C22H22N2O/c1-16-7-3-5-9-18(16)15-23-19-11-13-20(14-12-19)24-22(25)21-10-6-4-8-17(21)2/h3-14,23H,15H2,1-2H3,(H,24,25). The van der Waals surface area contributed by atoms with E-state index in [1.165, 1.54) is 11.1 Å².